The highest BCUT2D eigenvalue weighted by Crippen LogP contribution is 2.24. The first-order valence-corrected chi connectivity index (χ1v) is 7.60. The lowest BCUT2D eigenvalue weighted by Crippen LogP contribution is -2.31. The van der Waals surface area contributed by atoms with Gasteiger partial charge in [-0.25, -0.2) is 0 Å². The van der Waals surface area contributed by atoms with Gasteiger partial charge < -0.3 is 4.90 Å². The van der Waals surface area contributed by atoms with Crippen molar-refractivity contribution < 1.29 is 9.59 Å². The molecule has 1 unspecified atom stereocenters. The normalized spacial score (nSPS) is 21.4. The molecule has 0 bridgehead atoms. The molecule has 0 spiro atoms. The van der Waals surface area contributed by atoms with Gasteiger partial charge in [0, 0.05) is 18.5 Å². The Bertz CT molecular complexity index is 550. The van der Waals surface area contributed by atoms with Crippen molar-refractivity contribution in [3.05, 3.63) is 34.9 Å². The number of hydrogen-bond donors (Lipinski definition) is 0. The molecule has 0 N–H and O–H groups in total. The zero-order chi connectivity index (χ0) is 14.1. The molecule has 1 aromatic carbocycles. The number of carbonyl (C=O) groups is 2. The molecular weight excluding hydrogens is 250 g/mol. The molecule has 1 atom stereocenters. The molecule has 106 valence electrons. The van der Waals surface area contributed by atoms with E-state index in [0.29, 0.717) is 12.3 Å². The number of likely N-dealkylation sites (tertiary alicyclic amines) is 1. The number of ketones is 1. The van der Waals surface area contributed by atoms with Crippen molar-refractivity contribution in [2.45, 2.75) is 39.0 Å². The third-order valence-electron chi connectivity index (χ3n) is 4.63. The topological polar surface area (TPSA) is 37.4 Å². The Kier molecular flexibility index (Phi) is 3.60. The molecule has 1 aliphatic carbocycles. The van der Waals surface area contributed by atoms with E-state index in [9.17, 15) is 9.59 Å². The lowest BCUT2D eigenvalue weighted by Gasteiger charge is -2.15. The van der Waals surface area contributed by atoms with Gasteiger partial charge in [0.05, 0.1) is 6.54 Å². The van der Waals surface area contributed by atoms with Gasteiger partial charge in [-0.05, 0) is 42.4 Å². The molecule has 3 heteroatoms. The van der Waals surface area contributed by atoms with E-state index in [4.69, 9.17) is 0 Å². The van der Waals surface area contributed by atoms with Gasteiger partial charge in [-0.3, -0.25) is 9.59 Å². The van der Waals surface area contributed by atoms with Gasteiger partial charge in [0.1, 0.15) is 0 Å². The highest BCUT2D eigenvalue weighted by Gasteiger charge is 2.29. The summed E-state index contributed by atoms with van der Waals surface area (Å²) in [5.41, 5.74) is 3.46. The Labute approximate surface area is 120 Å². The second kappa shape index (κ2) is 5.39. The zero-order valence-corrected chi connectivity index (χ0v) is 12.0. The first-order valence-electron chi connectivity index (χ1n) is 7.60. The van der Waals surface area contributed by atoms with Crippen LogP contribution in [0.5, 0.6) is 0 Å². The minimum absolute atomic E-state index is 0.0739. The van der Waals surface area contributed by atoms with Crippen LogP contribution in [0, 0.1) is 5.92 Å². The second-order valence-electron chi connectivity index (χ2n) is 6.01. The van der Waals surface area contributed by atoms with Crippen LogP contribution in [0.3, 0.4) is 0 Å². The quantitative estimate of drug-likeness (QED) is 0.789. The lowest BCUT2D eigenvalue weighted by molar-refractivity contribution is -0.127. The summed E-state index contributed by atoms with van der Waals surface area (Å²) in [6.45, 7) is 3.09. The van der Waals surface area contributed by atoms with Gasteiger partial charge in [-0.1, -0.05) is 25.5 Å². The third kappa shape index (κ3) is 2.49. The summed E-state index contributed by atoms with van der Waals surface area (Å²) in [7, 11) is 0. The van der Waals surface area contributed by atoms with Gasteiger partial charge in [-0.15, -0.1) is 0 Å². The number of Topliss-reactive ketones (excluding diaryl/α,β-unsaturated/α-hetero) is 1. The van der Waals surface area contributed by atoms with Crippen molar-refractivity contribution in [3.8, 4) is 0 Å². The van der Waals surface area contributed by atoms with Crippen molar-refractivity contribution in [3.63, 3.8) is 0 Å². The average molecular weight is 271 g/mol. The summed E-state index contributed by atoms with van der Waals surface area (Å²) in [5, 5.41) is 0. The maximum atomic E-state index is 12.3. The van der Waals surface area contributed by atoms with E-state index in [0.717, 1.165) is 31.4 Å². The van der Waals surface area contributed by atoms with Gasteiger partial charge in [0.2, 0.25) is 5.91 Å². The van der Waals surface area contributed by atoms with E-state index in [-0.39, 0.29) is 18.2 Å². The standard InChI is InChI=1S/C17H21NO2/c1-2-12-8-17(20)18(10-12)11-16(19)15-7-6-13-4-3-5-14(13)9-15/h6-7,9,12H,2-5,8,10-11H2,1H3. The number of carbonyl (C=O) groups excluding carboxylic acids is 2. The van der Waals surface area contributed by atoms with Gasteiger partial charge in [-0.2, -0.15) is 0 Å². The van der Waals surface area contributed by atoms with Crippen LogP contribution >= 0.6 is 0 Å². The number of rotatable bonds is 4. The van der Waals surface area contributed by atoms with Crippen LogP contribution in [-0.4, -0.2) is 29.7 Å². The Morgan fingerprint density at radius 2 is 2.10 bits per heavy atom. The highest BCUT2D eigenvalue weighted by atomic mass is 16.2. The maximum Gasteiger partial charge on any atom is 0.223 e. The van der Waals surface area contributed by atoms with Crippen LogP contribution in [0.1, 0.15) is 47.7 Å². The molecule has 2 aliphatic rings. The molecular formula is C17H21NO2. The molecule has 1 aliphatic heterocycles. The molecule has 3 nitrogen and oxygen atoms in total. The SMILES string of the molecule is CCC1CC(=O)N(CC(=O)c2ccc3c(c2)CCC3)C1. The molecule has 20 heavy (non-hydrogen) atoms. The summed E-state index contributed by atoms with van der Waals surface area (Å²) in [5.74, 6) is 0.631. The van der Waals surface area contributed by atoms with E-state index >= 15 is 0 Å². The second-order valence-corrected chi connectivity index (χ2v) is 6.01. The van der Waals surface area contributed by atoms with Gasteiger partial charge >= 0.3 is 0 Å². The number of nitrogens with zero attached hydrogens (tertiary/aromatic N) is 1. The van der Waals surface area contributed by atoms with E-state index < -0.39 is 0 Å². The van der Waals surface area contributed by atoms with Crippen molar-refractivity contribution >= 4 is 11.7 Å². The van der Waals surface area contributed by atoms with Crippen molar-refractivity contribution in [1.29, 1.82) is 0 Å². The van der Waals surface area contributed by atoms with Crippen molar-refractivity contribution in [2.24, 2.45) is 5.92 Å². The first-order chi connectivity index (χ1) is 9.67. The predicted molar refractivity (Wildman–Crippen MR) is 77.8 cm³/mol. The summed E-state index contributed by atoms with van der Waals surface area (Å²) in [4.78, 5) is 25.9. The van der Waals surface area contributed by atoms with Crippen molar-refractivity contribution in [1.82, 2.24) is 4.90 Å². The van der Waals surface area contributed by atoms with E-state index in [1.165, 1.54) is 17.5 Å². The minimum atomic E-state index is 0.0739. The zero-order valence-electron chi connectivity index (χ0n) is 12.0. The van der Waals surface area contributed by atoms with E-state index in [1.807, 2.05) is 12.1 Å². The first kappa shape index (κ1) is 13.3. The fourth-order valence-electron chi connectivity index (χ4n) is 3.29. The Morgan fingerprint density at radius 1 is 1.30 bits per heavy atom. The summed E-state index contributed by atoms with van der Waals surface area (Å²) in [6, 6.07) is 6.03. The fraction of sp³-hybridized carbons (Fsp3) is 0.529. The van der Waals surface area contributed by atoms with Crippen molar-refractivity contribution in [2.75, 3.05) is 13.1 Å². The highest BCUT2D eigenvalue weighted by molar-refractivity contribution is 5.99. The molecule has 0 aromatic heterocycles. The summed E-state index contributed by atoms with van der Waals surface area (Å²) < 4.78 is 0. The molecule has 1 saturated heterocycles. The molecule has 0 radical (unpaired) electrons. The molecule has 1 aromatic rings. The number of amides is 1. The van der Waals surface area contributed by atoms with Gasteiger partial charge in [0.25, 0.3) is 0 Å². The minimum Gasteiger partial charge on any atom is -0.335 e. The van der Waals surface area contributed by atoms with Gasteiger partial charge in [0.15, 0.2) is 5.78 Å². The van der Waals surface area contributed by atoms with Crippen LogP contribution in [0.25, 0.3) is 0 Å². The summed E-state index contributed by atoms with van der Waals surface area (Å²) in [6.07, 6.45) is 5.02. The average Bonchev–Trinajstić information content (AvgIpc) is 3.04. The number of hydrogen-bond acceptors (Lipinski definition) is 2. The van der Waals surface area contributed by atoms with Crippen LogP contribution < -0.4 is 0 Å². The summed E-state index contributed by atoms with van der Waals surface area (Å²) >= 11 is 0. The van der Waals surface area contributed by atoms with Crippen LogP contribution in [0.4, 0.5) is 0 Å². The third-order valence-corrected chi connectivity index (χ3v) is 4.63. The van der Waals surface area contributed by atoms with E-state index in [2.05, 4.69) is 13.0 Å². The largest absolute Gasteiger partial charge is 0.335 e. The lowest BCUT2D eigenvalue weighted by atomic mass is 10.0. The molecule has 1 heterocycles. The Balaban J connectivity index is 1.69. The maximum absolute atomic E-state index is 12.3. The number of aryl methyl sites for hydroxylation is 2. The van der Waals surface area contributed by atoms with Crippen LogP contribution in [-0.2, 0) is 17.6 Å². The smallest absolute Gasteiger partial charge is 0.223 e. The fourth-order valence-corrected chi connectivity index (χ4v) is 3.29. The predicted octanol–water partition coefficient (Wildman–Crippen LogP) is 2.62. The monoisotopic (exact) mass is 271 g/mol. The molecule has 3 rings (SSSR count). The molecule has 0 saturated carbocycles. The number of benzene rings is 1. The Hall–Kier alpha value is -1.64. The Morgan fingerprint density at radius 3 is 2.85 bits per heavy atom. The van der Waals surface area contributed by atoms with Crippen LogP contribution in [0.15, 0.2) is 18.2 Å². The van der Waals surface area contributed by atoms with Crippen LogP contribution in [0.2, 0.25) is 0 Å². The number of fused-ring (bicyclic) bond motifs is 1. The molecule has 1 fully saturated rings. The van der Waals surface area contributed by atoms with E-state index in [1.54, 1.807) is 4.90 Å². The molecule has 1 amide bonds.